The van der Waals surface area contributed by atoms with Crippen molar-refractivity contribution in [2.24, 2.45) is 0 Å². The van der Waals surface area contributed by atoms with E-state index in [4.69, 9.17) is 9.47 Å². The average molecular weight is 198 g/mol. The Labute approximate surface area is 85.1 Å². The van der Waals surface area contributed by atoms with E-state index in [1.54, 1.807) is 6.08 Å². The van der Waals surface area contributed by atoms with Crippen LogP contribution in [0.3, 0.4) is 0 Å². The summed E-state index contributed by atoms with van der Waals surface area (Å²) in [6, 6.07) is 0. The van der Waals surface area contributed by atoms with Gasteiger partial charge >= 0.3 is 0 Å². The maximum Gasteiger partial charge on any atom is 0.165 e. The second-order valence-corrected chi connectivity index (χ2v) is 4.00. The Kier molecular flexibility index (Phi) is 3.84. The maximum absolute atomic E-state index is 11.4. The van der Waals surface area contributed by atoms with Crippen molar-refractivity contribution in [2.45, 2.75) is 52.6 Å². The molecule has 1 aliphatic rings. The first-order valence-corrected chi connectivity index (χ1v) is 4.97. The molecule has 0 N–H and O–H groups in total. The zero-order chi connectivity index (χ0) is 10.7. The molecular weight excluding hydrogens is 180 g/mol. The van der Waals surface area contributed by atoms with Crippen molar-refractivity contribution in [1.82, 2.24) is 0 Å². The first-order valence-electron chi connectivity index (χ1n) is 4.97. The molecule has 0 spiro atoms. The summed E-state index contributed by atoms with van der Waals surface area (Å²) in [5, 5.41) is 0. The molecular formula is C11H18O3. The predicted molar refractivity (Wildman–Crippen MR) is 53.9 cm³/mol. The number of ketones is 1. The summed E-state index contributed by atoms with van der Waals surface area (Å²) < 4.78 is 10.9. The van der Waals surface area contributed by atoms with Crippen molar-refractivity contribution >= 4 is 5.78 Å². The fourth-order valence-electron chi connectivity index (χ4n) is 1.37. The molecule has 0 aromatic heterocycles. The summed E-state index contributed by atoms with van der Waals surface area (Å²) in [6.45, 7) is 7.71. The molecule has 2 atom stereocenters. The van der Waals surface area contributed by atoms with Crippen molar-refractivity contribution in [3.05, 3.63) is 11.6 Å². The van der Waals surface area contributed by atoms with E-state index in [0.717, 1.165) is 5.57 Å². The van der Waals surface area contributed by atoms with Gasteiger partial charge in [0.25, 0.3) is 0 Å². The van der Waals surface area contributed by atoms with Crippen LogP contribution in [0.25, 0.3) is 0 Å². The highest BCUT2D eigenvalue weighted by Crippen LogP contribution is 2.20. The van der Waals surface area contributed by atoms with Crippen LogP contribution in [0.5, 0.6) is 0 Å². The van der Waals surface area contributed by atoms with Gasteiger partial charge in [-0.25, -0.2) is 0 Å². The molecule has 0 amide bonds. The molecule has 14 heavy (non-hydrogen) atoms. The summed E-state index contributed by atoms with van der Waals surface area (Å²) in [6.07, 6.45) is 1.75. The lowest BCUT2D eigenvalue weighted by atomic mass is 10.2. The molecule has 1 fully saturated rings. The van der Waals surface area contributed by atoms with Gasteiger partial charge in [-0.05, 0) is 33.8 Å². The lowest BCUT2D eigenvalue weighted by Crippen LogP contribution is -2.14. The minimum Gasteiger partial charge on any atom is -0.347 e. The van der Waals surface area contributed by atoms with Crippen LogP contribution in [0.4, 0.5) is 0 Å². The van der Waals surface area contributed by atoms with Gasteiger partial charge in [0.1, 0.15) is 0 Å². The quantitative estimate of drug-likeness (QED) is 0.651. The molecule has 0 bridgehead atoms. The van der Waals surface area contributed by atoms with Crippen LogP contribution in [-0.2, 0) is 14.3 Å². The normalized spacial score (nSPS) is 31.6. The van der Waals surface area contributed by atoms with Crippen LogP contribution in [0.15, 0.2) is 11.6 Å². The third kappa shape index (κ3) is 3.24. The summed E-state index contributed by atoms with van der Waals surface area (Å²) >= 11 is 0. The summed E-state index contributed by atoms with van der Waals surface area (Å²) in [4.78, 5) is 11.4. The summed E-state index contributed by atoms with van der Waals surface area (Å²) in [5.41, 5.74) is 1.01. The fourth-order valence-corrected chi connectivity index (χ4v) is 1.37. The highest BCUT2D eigenvalue weighted by Gasteiger charge is 2.30. The Balaban J connectivity index is 2.40. The standard InChI is InChI=1S/C11H18O3/c1-7(2)5-10(12)6-11-13-8(3)9(4)14-11/h5,8-9,11H,6H2,1-4H3. The van der Waals surface area contributed by atoms with E-state index < -0.39 is 0 Å². The number of hydrogen-bond acceptors (Lipinski definition) is 3. The Morgan fingerprint density at radius 2 is 1.71 bits per heavy atom. The van der Waals surface area contributed by atoms with Gasteiger partial charge in [-0.1, -0.05) is 5.57 Å². The number of carbonyl (C=O) groups excluding carboxylic acids is 1. The number of ether oxygens (including phenoxy) is 2. The number of allylic oxidation sites excluding steroid dienone is 2. The molecule has 0 saturated carbocycles. The Hall–Kier alpha value is -0.670. The number of hydrogen-bond donors (Lipinski definition) is 0. The van der Waals surface area contributed by atoms with Crippen molar-refractivity contribution in [3.8, 4) is 0 Å². The number of rotatable bonds is 3. The van der Waals surface area contributed by atoms with Crippen molar-refractivity contribution in [1.29, 1.82) is 0 Å². The highest BCUT2D eigenvalue weighted by molar-refractivity contribution is 5.90. The van der Waals surface area contributed by atoms with Gasteiger partial charge in [-0.2, -0.15) is 0 Å². The average Bonchev–Trinajstić information content (AvgIpc) is 2.28. The summed E-state index contributed by atoms with van der Waals surface area (Å²) in [5.74, 6) is 0.0660. The van der Waals surface area contributed by atoms with Crippen LogP contribution in [-0.4, -0.2) is 24.3 Å². The van der Waals surface area contributed by atoms with Gasteiger partial charge in [-0.3, -0.25) is 4.79 Å². The van der Waals surface area contributed by atoms with Crippen molar-refractivity contribution in [3.63, 3.8) is 0 Å². The molecule has 0 aromatic rings. The molecule has 0 radical (unpaired) electrons. The predicted octanol–water partition coefficient (Wildman–Crippen LogP) is 2.06. The lowest BCUT2D eigenvalue weighted by molar-refractivity contribution is -0.124. The van der Waals surface area contributed by atoms with E-state index in [2.05, 4.69) is 0 Å². The summed E-state index contributed by atoms with van der Waals surface area (Å²) in [7, 11) is 0. The fraction of sp³-hybridized carbons (Fsp3) is 0.727. The van der Waals surface area contributed by atoms with Crippen LogP contribution in [0.1, 0.15) is 34.1 Å². The molecule has 1 rings (SSSR count). The maximum atomic E-state index is 11.4. The molecule has 1 saturated heterocycles. The zero-order valence-electron chi connectivity index (χ0n) is 9.24. The van der Waals surface area contributed by atoms with Crippen LogP contribution in [0.2, 0.25) is 0 Å². The van der Waals surface area contributed by atoms with E-state index in [1.807, 2.05) is 27.7 Å². The highest BCUT2D eigenvalue weighted by atomic mass is 16.7. The monoisotopic (exact) mass is 198 g/mol. The molecule has 0 aromatic carbocycles. The minimum absolute atomic E-state index is 0.0660. The second kappa shape index (κ2) is 4.71. The lowest BCUT2D eigenvalue weighted by Gasteiger charge is -2.06. The van der Waals surface area contributed by atoms with Gasteiger partial charge in [0.2, 0.25) is 0 Å². The SMILES string of the molecule is CC(C)=CC(=O)CC1OC(C)C(C)O1. The first kappa shape index (κ1) is 11.4. The largest absolute Gasteiger partial charge is 0.347 e. The molecule has 3 nitrogen and oxygen atoms in total. The van der Waals surface area contributed by atoms with E-state index in [9.17, 15) is 4.79 Å². The molecule has 80 valence electrons. The van der Waals surface area contributed by atoms with Gasteiger partial charge in [0.15, 0.2) is 12.1 Å². The van der Waals surface area contributed by atoms with Gasteiger partial charge in [0.05, 0.1) is 18.6 Å². The number of carbonyl (C=O) groups is 1. The molecule has 2 unspecified atom stereocenters. The molecule has 1 aliphatic heterocycles. The Bertz CT molecular complexity index is 231. The van der Waals surface area contributed by atoms with Gasteiger partial charge in [-0.15, -0.1) is 0 Å². The third-order valence-electron chi connectivity index (χ3n) is 2.21. The molecule has 1 heterocycles. The van der Waals surface area contributed by atoms with Crippen LogP contribution >= 0.6 is 0 Å². The second-order valence-electron chi connectivity index (χ2n) is 4.00. The smallest absolute Gasteiger partial charge is 0.165 e. The van der Waals surface area contributed by atoms with Crippen LogP contribution < -0.4 is 0 Å². The third-order valence-corrected chi connectivity index (χ3v) is 2.21. The van der Waals surface area contributed by atoms with Crippen molar-refractivity contribution < 1.29 is 14.3 Å². The minimum atomic E-state index is -0.358. The topological polar surface area (TPSA) is 35.5 Å². The van der Waals surface area contributed by atoms with Gasteiger partial charge in [0, 0.05) is 0 Å². The van der Waals surface area contributed by atoms with Crippen molar-refractivity contribution in [2.75, 3.05) is 0 Å². The Morgan fingerprint density at radius 1 is 1.21 bits per heavy atom. The molecule has 3 heteroatoms. The van der Waals surface area contributed by atoms with Crippen LogP contribution in [0, 0.1) is 0 Å². The Morgan fingerprint density at radius 3 is 2.14 bits per heavy atom. The first-order chi connectivity index (χ1) is 6.49. The van der Waals surface area contributed by atoms with E-state index in [1.165, 1.54) is 0 Å². The zero-order valence-corrected chi connectivity index (χ0v) is 9.24. The van der Waals surface area contributed by atoms with E-state index in [-0.39, 0.29) is 24.3 Å². The molecule has 0 aliphatic carbocycles. The van der Waals surface area contributed by atoms with E-state index in [0.29, 0.717) is 6.42 Å². The van der Waals surface area contributed by atoms with E-state index >= 15 is 0 Å². The van der Waals surface area contributed by atoms with Gasteiger partial charge < -0.3 is 9.47 Å².